The van der Waals surface area contributed by atoms with Crippen molar-refractivity contribution in [1.29, 1.82) is 0 Å². The minimum absolute atomic E-state index is 0.542. The highest BCUT2D eigenvalue weighted by atomic mass is 32.2. The lowest BCUT2D eigenvalue weighted by molar-refractivity contribution is 0.378. The highest BCUT2D eigenvalue weighted by Crippen LogP contribution is 2.24. The Balaban J connectivity index is 1.27. The van der Waals surface area contributed by atoms with Gasteiger partial charge in [-0.2, -0.15) is 4.98 Å². The highest BCUT2D eigenvalue weighted by Gasteiger charge is 2.11. The van der Waals surface area contributed by atoms with Gasteiger partial charge in [-0.05, 0) is 30.0 Å². The molecule has 0 saturated carbocycles. The van der Waals surface area contributed by atoms with E-state index < -0.39 is 0 Å². The lowest BCUT2D eigenvalue weighted by Gasteiger charge is -1.94. The quantitative estimate of drug-likeness (QED) is 0.348. The highest BCUT2D eigenvalue weighted by molar-refractivity contribution is 7.99. The van der Waals surface area contributed by atoms with Crippen molar-refractivity contribution in [2.75, 3.05) is 5.75 Å². The van der Waals surface area contributed by atoms with Gasteiger partial charge in [0.15, 0.2) is 0 Å². The Bertz CT molecular complexity index is 919. The summed E-state index contributed by atoms with van der Waals surface area (Å²) in [7, 11) is 0. The number of thioether (sulfide) groups is 1. The third-order valence-electron chi connectivity index (χ3n) is 3.40. The third kappa shape index (κ3) is 3.97. The van der Waals surface area contributed by atoms with E-state index in [0.29, 0.717) is 22.8 Å². The minimum Gasteiger partial charge on any atom is -0.411 e. The van der Waals surface area contributed by atoms with E-state index in [1.54, 1.807) is 11.3 Å². The van der Waals surface area contributed by atoms with Gasteiger partial charge in [-0.15, -0.1) is 21.5 Å². The zero-order valence-corrected chi connectivity index (χ0v) is 14.8. The maximum Gasteiger partial charge on any atom is 0.276 e. The van der Waals surface area contributed by atoms with Crippen LogP contribution in [0.2, 0.25) is 0 Å². The van der Waals surface area contributed by atoms with Crippen molar-refractivity contribution < 1.29 is 8.94 Å². The van der Waals surface area contributed by atoms with Crippen molar-refractivity contribution in [3.8, 4) is 22.2 Å². The summed E-state index contributed by atoms with van der Waals surface area (Å²) in [6.07, 6.45) is 1.62. The molecule has 0 radical (unpaired) electrons. The second-order valence-electron chi connectivity index (χ2n) is 5.18. The first kappa shape index (κ1) is 16.0. The molecule has 0 unspecified atom stereocenters. The Morgan fingerprint density at radius 3 is 2.80 bits per heavy atom. The molecule has 3 aromatic heterocycles. The van der Waals surface area contributed by atoms with E-state index in [1.807, 2.05) is 47.8 Å². The van der Waals surface area contributed by atoms with Crippen molar-refractivity contribution in [1.82, 2.24) is 20.3 Å². The average Bonchev–Trinajstić information content (AvgIpc) is 3.40. The molecule has 0 saturated heterocycles. The fourth-order valence-corrected chi connectivity index (χ4v) is 3.56. The fraction of sp³-hybridized carbons (Fsp3) is 0.176. The van der Waals surface area contributed by atoms with Gasteiger partial charge in [0.1, 0.15) is 0 Å². The van der Waals surface area contributed by atoms with Crippen molar-refractivity contribution >= 4 is 23.1 Å². The third-order valence-corrected chi connectivity index (χ3v) is 5.17. The van der Waals surface area contributed by atoms with Gasteiger partial charge in [-0.3, -0.25) is 0 Å². The van der Waals surface area contributed by atoms with Crippen molar-refractivity contribution in [2.45, 2.75) is 18.1 Å². The van der Waals surface area contributed by atoms with Crippen LogP contribution in [0.1, 0.15) is 12.3 Å². The van der Waals surface area contributed by atoms with Crippen LogP contribution >= 0.6 is 23.1 Å². The molecule has 0 aliphatic heterocycles. The number of benzene rings is 1. The molecule has 0 aliphatic rings. The van der Waals surface area contributed by atoms with Crippen molar-refractivity contribution in [3.05, 3.63) is 53.7 Å². The normalized spacial score (nSPS) is 11.0. The lowest BCUT2D eigenvalue weighted by Crippen LogP contribution is -1.88. The molecule has 1 aromatic carbocycles. The van der Waals surface area contributed by atoms with Crippen LogP contribution in [0.15, 0.2) is 62.0 Å². The predicted octanol–water partition coefficient (Wildman–Crippen LogP) is 4.57. The summed E-state index contributed by atoms with van der Waals surface area (Å²) in [6, 6.07) is 13.7. The monoisotopic (exact) mass is 370 g/mol. The van der Waals surface area contributed by atoms with E-state index in [0.717, 1.165) is 29.0 Å². The summed E-state index contributed by atoms with van der Waals surface area (Å²) >= 11 is 3.13. The molecular formula is C17H14N4O2S2. The number of thiophene rings is 1. The summed E-state index contributed by atoms with van der Waals surface area (Å²) in [4.78, 5) is 5.43. The summed E-state index contributed by atoms with van der Waals surface area (Å²) in [5, 5.41) is 14.7. The Morgan fingerprint density at radius 2 is 1.96 bits per heavy atom. The topological polar surface area (TPSA) is 77.8 Å². The minimum atomic E-state index is 0.542. The number of rotatable bonds is 7. The molecule has 0 atom stereocenters. The van der Waals surface area contributed by atoms with Crippen LogP contribution < -0.4 is 0 Å². The number of hydrogen-bond donors (Lipinski definition) is 0. The van der Waals surface area contributed by atoms with E-state index in [9.17, 15) is 0 Å². The molecule has 4 aromatic rings. The Labute approximate surface area is 152 Å². The van der Waals surface area contributed by atoms with Crippen molar-refractivity contribution in [2.24, 2.45) is 0 Å². The predicted molar refractivity (Wildman–Crippen MR) is 96.4 cm³/mol. The summed E-state index contributed by atoms with van der Waals surface area (Å²) < 4.78 is 11.0. The molecule has 3 heterocycles. The molecule has 126 valence electrons. The second kappa shape index (κ2) is 7.62. The van der Waals surface area contributed by atoms with Gasteiger partial charge < -0.3 is 8.94 Å². The zero-order valence-electron chi connectivity index (χ0n) is 13.2. The van der Waals surface area contributed by atoms with E-state index >= 15 is 0 Å². The molecule has 6 nitrogen and oxygen atoms in total. The SMILES string of the molecule is c1ccc(-c2nnc(SCCCc3nc(-c4cccs4)no3)o2)cc1. The molecule has 0 N–H and O–H groups in total. The van der Waals surface area contributed by atoms with Crippen LogP contribution in [0.3, 0.4) is 0 Å². The number of nitrogens with zero attached hydrogens (tertiary/aromatic N) is 4. The second-order valence-corrected chi connectivity index (χ2v) is 7.17. The lowest BCUT2D eigenvalue weighted by atomic mass is 10.2. The number of hydrogen-bond acceptors (Lipinski definition) is 8. The van der Waals surface area contributed by atoms with Crippen molar-refractivity contribution in [3.63, 3.8) is 0 Å². The molecular weight excluding hydrogens is 356 g/mol. The van der Waals surface area contributed by atoms with Crippen LogP contribution in [0.4, 0.5) is 0 Å². The Kier molecular flexibility index (Phi) is 4.89. The van der Waals surface area contributed by atoms with E-state index in [4.69, 9.17) is 8.94 Å². The first-order valence-corrected chi connectivity index (χ1v) is 9.63. The maximum absolute atomic E-state index is 5.67. The largest absolute Gasteiger partial charge is 0.411 e. The first-order valence-electron chi connectivity index (χ1n) is 7.77. The van der Waals surface area contributed by atoms with Crippen LogP contribution in [0.5, 0.6) is 0 Å². The van der Waals surface area contributed by atoms with Crippen LogP contribution in [0, 0.1) is 0 Å². The van der Waals surface area contributed by atoms with Crippen LogP contribution in [0.25, 0.3) is 22.2 Å². The van der Waals surface area contributed by atoms with Gasteiger partial charge in [0.05, 0.1) is 4.88 Å². The summed E-state index contributed by atoms with van der Waals surface area (Å²) in [5.41, 5.74) is 0.925. The van der Waals surface area contributed by atoms with Gasteiger partial charge in [-0.1, -0.05) is 41.2 Å². The van der Waals surface area contributed by atoms with Crippen LogP contribution in [-0.2, 0) is 6.42 Å². The molecule has 4 rings (SSSR count). The maximum atomic E-state index is 5.67. The van der Waals surface area contributed by atoms with Gasteiger partial charge in [0.25, 0.3) is 5.22 Å². The fourth-order valence-electron chi connectivity index (χ4n) is 2.21. The molecule has 0 spiro atoms. The average molecular weight is 370 g/mol. The molecule has 0 fully saturated rings. The van der Waals surface area contributed by atoms with Gasteiger partial charge in [0, 0.05) is 17.7 Å². The molecule has 0 bridgehead atoms. The van der Waals surface area contributed by atoms with E-state index in [2.05, 4.69) is 20.3 Å². The first-order chi connectivity index (χ1) is 12.4. The van der Waals surface area contributed by atoms with Gasteiger partial charge in [-0.25, -0.2) is 0 Å². The standard InChI is InChI=1S/C17H14N4O2S2/c1-2-6-12(7-3-1)16-19-20-17(22-16)25-11-5-9-14-18-15(21-23-14)13-8-4-10-24-13/h1-4,6-8,10H,5,9,11H2. The molecule has 0 aliphatic carbocycles. The number of aryl methyl sites for hydroxylation is 1. The van der Waals surface area contributed by atoms with Gasteiger partial charge in [0.2, 0.25) is 17.6 Å². The molecule has 0 amide bonds. The van der Waals surface area contributed by atoms with E-state index in [1.165, 1.54) is 11.8 Å². The molecule has 8 heteroatoms. The molecule has 25 heavy (non-hydrogen) atoms. The summed E-state index contributed by atoms with van der Waals surface area (Å²) in [5.74, 6) is 2.69. The number of aromatic nitrogens is 4. The Hall–Kier alpha value is -2.45. The Morgan fingerprint density at radius 1 is 1.04 bits per heavy atom. The zero-order chi connectivity index (χ0) is 16.9. The smallest absolute Gasteiger partial charge is 0.276 e. The summed E-state index contributed by atoms with van der Waals surface area (Å²) in [6.45, 7) is 0. The van der Waals surface area contributed by atoms with Crippen LogP contribution in [-0.4, -0.2) is 26.1 Å². The van der Waals surface area contributed by atoms with E-state index in [-0.39, 0.29) is 0 Å². The van der Waals surface area contributed by atoms with Gasteiger partial charge >= 0.3 is 0 Å².